The summed E-state index contributed by atoms with van der Waals surface area (Å²) in [5.74, 6) is 0.464. The number of hydrogen-bond acceptors (Lipinski definition) is 3. The van der Waals surface area contributed by atoms with E-state index < -0.39 is 0 Å². The molecule has 0 aromatic rings. The van der Waals surface area contributed by atoms with Crippen LogP contribution in [-0.2, 0) is 9.53 Å². The first-order valence-corrected chi connectivity index (χ1v) is 6.04. The third-order valence-corrected chi connectivity index (χ3v) is 3.85. The van der Waals surface area contributed by atoms with Gasteiger partial charge in [-0.1, -0.05) is 6.92 Å². The van der Waals surface area contributed by atoms with E-state index in [1.807, 2.05) is 0 Å². The number of ketones is 1. The van der Waals surface area contributed by atoms with Gasteiger partial charge in [-0.15, -0.1) is 0 Å². The fourth-order valence-electron chi connectivity index (χ4n) is 3.21. The molecule has 0 aliphatic carbocycles. The lowest BCUT2D eigenvalue weighted by Crippen LogP contribution is -2.50. The van der Waals surface area contributed by atoms with Crippen LogP contribution in [0.15, 0.2) is 0 Å². The normalized spacial score (nSPS) is 33.3. The lowest BCUT2D eigenvalue weighted by atomic mass is 9.98. The highest BCUT2D eigenvalue weighted by Gasteiger charge is 2.42. The highest BCUT2D eigenvalue weighted by atomic mass is 16.5. The fourth-order valence-corrected chi connectivity index (χ4v) is 3.21. The van der Waals surface area contributed by atoms with E-state index in [1.54, 1.807) is 7.11 Å². The SMILES string of the molecule is CCC(COC)N1C2CCC1CC(=O)C2. The number of Topliss-reactive ketones (excluding diaryl/α,β-unsaturated/α-hetero) is 1. The van der Waals surface area contributed by atoms with Crippen LogP contribution in [0, 0.1) is 0 Å². The predicted octanol–water partition coefficient (Wildman–Crippen LogP) is 1.61. The number of ether oxygens (including phenoxy) is 1. The number of hydrogen-bond donors (Lipinski definition) is 0. The van der Waals surface area contributed by atoms with Crippen molar-refractivity contribution in [3.05, 3.63) is 0 Å². The molecule has 2 saturated heterocycles. The molecule has 86 valence electrons. The van der Waals surface area contributed by atoms with E-state index in [9.17, 15) is 4.79 Å². The Labute approximate surface area is 91.8 Å². The van der Waals surface area contributed by atoms with Crippen molar-refractivity contribution in [3.63, 3.8) is 0 Å². The van der Waals surface area contributed by atoms with Gasteiger partial charge < -0.3 is 4.74 Å². The second-order valence-electron chi connectivity index (χ2n) is 4.80. The molecular weight excluding hydrogens is 190 g/mol. The third kappa shape index (κ3) is 2.08. The summed E-state index contributed by atoms with van der Waals surface area (Å²) in [5.41, 5.74) is 0. The van der Waals surface area contributed by atoms with Crippen LogP contribution in [0.2, 0.25) is 0 Å². The van der Waals surface area contributed by atoms with Gasteiger partial charge in [-0.3, -0.25) is 9.69 Å². The molecule has 0 aromatic carbocycles. The number of carbonyl (C=O) groups is 1. The zero-order chi connectivity index (χ0) is 10.8. The zero-order valence-electron chi connectivity index (χ0n) is 9.74. The van der Waals surface area contributed by atoms with Gasteiger partial charge in [0, 0.05) is 38.1 Å². The minimum absolute atomic E-state index is 0.464. The highest BCUT2D eigenvalue weighted by Crippen LogP contribution is 2.36. The van der Waals surface area contributed by atoms with Gasteiger partial charge in [0.1, 0.15) is 5.78 Å². The van der Waals surface area contributed by atoms with E-state index in [0.29, 0.717) is 23.9 Å². The standard InChI is InChI=1S/C12H21NO2/c1-3-9(8-15-2)13-10-4-5-11(13)7-12(14)6-10/h9-11H,3-8H2,1-2H3. The molecule has 0 spiro atoms. The van der Waals surface area contributed by atoms with Crippen LogP contribution in [-0.4, -0.2) is 42.5 Å². The largest absolute Gasteiger partial charge is 0.383 e. The van der Waals surface area contributed by atoms with Crippen LogP contribution >= 0.6 is 0 Å². The molecule has 2 heterocycles. The van der Waals surface area contributed by atoms with Gasteiger partial charge in [-0.05, 0) is 19.3 Å². The van der Waals surface area contributed by atoms with Crippen molar-refractivity contribution in [3.8, 4) is 0 Å². The van der Waals surface area contributed by atoms with E-state index in [1.165, 1.54) is 12.8 Å². The van der Waals surface area contributed by atoms with Gasteiger partial charge in [0.2, 0.25) is 0 Å². The Balaban J connectivity index is 2.05. The van der Waals surface area contributed by atoms with Gasteiger partial charge in [0.15, 0.2) is 0 Å². The van der Waals surface area contributed by atoms with Gasteiger partial charge in [0.05, 0.1) is 6.61 Å². The second-order valence-corrected chi connectivity index (χ2v) is 4.80. The Hall–Kier alpha value is -0.410. The first-order chi connectivity index (χ1) is 7.26. The molecule has 3 atom stereocenters. The first kappa shape index (κ1) is 11.1. The molecule has 0 amide bonds. The summed E-state index contributed by atoms with van der Waals surface area (Å²) in [4.78, 5) is 14.0. The summed E-state index contributed by atoms with van der Waals surface area (Å²) < 4.78 is 5.27. The number of rotatable bonds is 4. The quantitative estimate of drug-likeness (QED) is 0.707. The van der Waals surface area contributed by atoms with Crippen molar-refractivity contribution in [1.29, 1.82) is 0 Å². The Bertz CT molecular complexity index is 226. The van der Waals surface area contributed by atoms with Gasteiger partial charge in [-0.25, -0.2) is 0 Å². The van der Waals surface area contributed by atoms with Crippen LogP contribution in [0.25, 0.3) is 0 Å². The third-order valence-electron chi connectivity index (χ3n) is 3.85. The summed E-state index contributed by atoms with van der Waals surface area (Å²) in [6.07, 6.45) is 5.08. The molecule has 3 nitrogen and oxygen atoms in total. The average molecular weight is 211 g/mol. The summed E-state index contributed by atoms with van der Waals surface area (Å²) in [5, 5.41) is 0. The maximum absolute atomic E-state index is 11.5. The van der Waals surface area contributed by atoms with Crippen molar-refractivity contribution in [2.24, 2.45) is 0 Å². The lowest BCUT2D eigenvalue weighted by molar-refractivity contribution is -0.125. The number of methoxy groups -OCH3 is 1. The molecule has 3 heteroatoms. The molecule has 0 radical (unpaired) electrons. The van der Waals surface area contributed by atoms with Crippen molar-refractivity contribution in [2.75, 3.05) is 13.7 Å². The average Bonchev–Trinajstić information content (AvgIpc) is 2.47. The molecule has 3 unspecified atom stereocenters. The topological polar surface area (TPSA) is 29.5 Å². The van der Waals surface area contributed by atoms with Crippen molar-refractivity contribution >= 4 is 5.78 Å². The van der Waals surface area contributed by atoms with E-state index in [-0.39, 0.29) is 0 Å². The van der Waals surface area contributed by atoms with E-state index in [0.717, 1.165) is 25.9 Å². The molecule has 2 fully saturated rings. The minimum atomic E-state index is 0.464. The highest BCUT2D eigenvalue weighted by molar-refractivity contribution is 5.81. The van der Waals surface area contributed by atoms with Crippen LogP contribution in [0.3, 0.4) is 0 Å². The Morgan fingerprint density at radius 1 is 1.40 bits per heavy atom. The van der Waals surface area contributed by atoms with Gasteiger partial charge in [-0.2, -0.15) is 0 Å². The number of nitrogens with zero attached hydrogens (tertiary/aromatic N) is 1. The summed E-state index contributed by atoms with van der Waals surface area (Å²) >= 11 is 0. The van der Waals surface area contributed by atoms with Crippen molar-refractivity contribution in [1.82, 2.24) is 4.90 Å². The molecule has 2 rings (SSSR count). The maximum Gasteiger partial charge on any atom is 0.136 e. The van der Waals surface area contributed by atoms with Crippen LogP contribution < -0.4 is 0 Å². The smallest absolute Gasteiger partial charge is 0.136 e. The van der Waals surface area contributed by atoms with Gasteiger partial charge >= 0.3 is 0 Å². The molecule has 2 aliphatic rings. The van der Waals surface area contributed by atoms with Crippen LogP contribution in [0.4, 0.5) is 0 Å². The lowest BCUT2D eigenvalue weighted by Gasteiger charge is -2.39. The fraction of sp³-hybridized carbons (Fsp3) is 0.917. The second kappa shape index (κ2) is 4.62. The number of piperidine rings is 1. The van der Waals surface area contributed by atoms with E-state index in [2.05, 4.69) is 11.8 Å². The zero-order valence-corrected chi connectivity index (χ0v) is 9.74. The molecule has 2 aliphatic heterocycles. The van der Waals surface area contributed by atoms with Crippen LogP contribution in [0.5, 0.6) is 0 Å². The van der Waals surface area contributed by atoms with E-state index >= 15 is 0 Å². The summed E-state index contributed by atoms with van der Waals surface area (Å²) in [6, 6.07) is 1.54. The number of fused-ring (bicyclic) bond motifs is 2. The number of carbonyl (C=O) groups excluding carboxylic acids is 1. The predicted molar refractivity (Wildman–Crippen MR) is 58.8 cm³/mol. The molecule has 0 saturated carbocycles. The monoisotopic (exact) mass is 211 g/mol. The first-order valence-electron chi connectivity index (χ1n) is 6.04. The van der Waals surface area contributed by atoms with Crippen molar-refractivity contribution in [2.45, 2.75) is 57.2 Å². The molecule has 15 heavy (non-hydrogen) atoms. The van der Waals surface area contributed by atoms with E-state index in [4.69, 9.17) is 4.74 Å². The molecule has 0 aromatic heterocycles. The Morgan fingerprint density at radius 3 is 2.47 bits per heavy atom. The summed E-state index contributed by atoms with van der Waals surface area (Å²) in [7, 11) is 1.76. The Kier molecular flexibility index (Phi) is 3.42. The van der Waals surface area contributed by atoms with Crippen LogP contribution in [0.1, 0.15) is 39.0 Å². The summed E-state index contributed by atoms with van der Waals surface area (Å²) in [6.45, 7) is 3.01. The molecule has 0 N–H and O–H groups in total. The van der Waals surface area contributed by atoms with Gasteiger partial charge in [0.25, 0.3) is 0 Å². The van der Waals surface area contributed by atoms with Crippen molar-refractivity contribution < 1.29 is 9.53 Å². The molecular formula is C12H21NO2. The Morgan fingerprint density at radius 2 is 2.00 bits per heavy atom. The maximum atomic E-state index is 11.5. The minimum Gasteiger partial charge on any atom is -0.383 e. The molecule has 2 bridgehead atoms.